The van der Waals surface area contributed by atoms with Crippen molar-refractivity contribution in [3.8, 4) is 0 Å². The van der Waals surface area contributed by atoms with Crippen molar-refractivity contribution < 1.29 is 14.7 Å². The Morgan fingerprint density at radius 1 is 1.16 bits per heavy atom. The Morgan fingerprint density at radius 3 is 2.58 bits per heavy atom. The number of hydrogen-bond acceptors (Lipinski definition) is 3. The Hall–Kier alpha value is -1.10. The van der Waals surface area contributed by atoms with E-state index in [1.165, 1.54) is 12.8 Å². The number of amides is 1. The van der Waals surface area contributed by atoms with Crippen LogP contribution < -0.4 is 5.32 Å². The van der Waals surface area contributed by atoms with Gasteiger partial charge >= 0.3 is 5.97 Å². The van der Waals surface area contributed by atoms with E-state index in [0.717, 1.165) is 25.9 Å². The summed E-state index contributed by atoms with van der Waals surface area (Å²) in [5.74, 6) is -2.14. The van der Waals surface area contributed by atoms with Crippen LogP contribution >= 0.6 is 0 Å². The van der Waals surface area contributed by atoms with Crippen molar-refractivity contribution >= 4 is 11.9 Å². The number of nitrogens with zero attached hydrogens (tertiary/aromatic N) is 1. The molecule has 2 aliphatic heterocycles. The number of aliphatic carboxylic acids is 1. The van der Waals surface area contributed by atoms with E-state index in [4.69, 9.17) is 5.11 Å². The zero-order valence-electron chi connectivity index (χ0n) is 11.8. The zero-order chi connectivity index (χ0) is 14.0. The van der Waals surface area contributed by atoms with Crippen LogP contribution in [-0.4, -0.2) is 47.1 Å². The second kappa shape index (κ2) is 5.90. The lowest BCUT2D eigenvalue weighted by atomic mass is 9.93. The van der Waals surface area contributed by atoms with Crippen molar-refractivity contribution in [2.45, 2.75) is 51.6 Å². The average molecular weight is 268 g/mol. The van der Waals surface area contributed by atoms with Gasteiger partial charge in [0.05, 0.1) is 5.92 Å². The lowest BCUT2D eigenvalue weighted by Gasteiger charge is -2.33. The Balaban J connectivity index is 1.90. The van der Waals surface area contributed by atoms with E-state index in [9.17, 15) is 9.59 Å². The highest BCUT2D eigenvalue weighted by Crippen LogP contribution is 2.27. The summed E-state index contributed by atoms with van der Waals surface area (Å²) in [4.78, 5) is 25.5. The van der Waals surface area contributed by atoms with Crippen LogP contribution in [0.5, 0.6) is 0 Å². The van der Waals surface area contributed by atoms with Gasteiger partial charge in [-0.3, -0.25) is 14.5 Å². The largest absolute Gasteiger partial charge is 0.481 e. The van der Waals surface area contributed by atoms with Gasteiger partial charge in [0.25, 0.3) is 0 Å². The van der Waals surface area contributed by atoms with Gasteiger partial charge in [-0.1, -0.05) is 20.3 Å². The van der Waals surface area contributed by atoms with E-state index >= 15 is 0 Å². The molecule has 2 heterocycles. The third kappa shape index (κ3) is 3.08. The summed E-state index contributed by atoms with van der Waals surface area (Å²) < 4.78 is 0. The van der Waals surface area contributed by atoms with Crippen molar-refractivity contribution in [1.82, 2.24) is 10.2 Å². The summed E-state index contributed by atoms with van der Waals surface area (Å²) in [6.07, 6.45) is 4.62. The molecule has 2 N–H and O–H groups in total. The molecule has 0 saturated carbocycles. The van der Waals surface area contributed by atoms with E-state index in [1.54, 1.807) is 13.8 Å². The molecule has 19 heavy (non-hydrogen) atoms. The van der Waals surface area contributed by atoms with Crippen LogP contribution in [0.1, 0.15) is 39.5 Å². The van der Waals surface area contributed by atoms with Gasteiger partial charge in [0.1, 0.15) is 0 Å². The van der Waals surface area contributed by atoms with Gasteiger partial charge in [-0.05, 0) is 25.8 Å². The molecule has 1 amide bonds. The molecule has 2 rings (SSSR count). The van der Waals surface area contributed by atoms with Crippen molar-refractivity contribution in [3.05, 3.63) is 0 Å². The number of carboxylic acids is 1. The van der Waals surface area contributed by atoms with Crippen LogP contribution in [0.3, 0.4) is 0 Å². The first-order valence-corrected chi connectivity index (χ1v) is 7.28. The number of piperidine rings is 1. The van der Waals surface area contributed by atoms with E-state index in [0.29, 0.717) is 6.04 Å². The SMILES string of the molecule is CC(C(=O)O)C(C)C(=O)NC1CCN2CCCCC12. The molecular weight excluding hydrogens is 244 g/mol. The molecule has 2 aliphatic rings. The van der Waals surface area contributed by atoms with Gasteiger partial charge in [0, 0.05) is 24.5 Å². The van der Waals surface area contributed by atoms with Crippen molar-refractivity contribution in [2.24, 2.45) is 11.8 Å². The molecule has 0 aliphatic carbocycles. The van der Waals surface area contributed by atoms with Gasteiger partial charge in [-0.2, -0.15) is 0 Å². The summed E-state index contributed by atoms with van der Waals surface area (Å²) in [7, 11) is 0. The van der Waals surface area contributed by atoms with Crippen LogP contribution in [0.2, 0.25) is 0 Å². The van der Waals surface area contributed by atoms with Crippen molar-refractivity contribution in [1.29, 1.82) is 0 Å². The lowest BCUT2D eigenvalue weighted by molar-refractivity contribution is -0.146. The number of hydrogen-bond donors (Lipinski definition) is 2. The van der Waals surface area contributed by atoms with Gasteiger partial charge in [0.15, 0.2) is 0 Å². The summed E-state index contributed by atoms with van der Waals surface area (Å²) in [5.41, 5.74) is 0. The minimum atomic E-state index is -0.909. The first-order valence-electron chi connectivity index (χ1n) is 7.28. The molecule has 4 unspecified atom stereocenters. The molecule has 0 aromatic carbocycles. The Bertz CT molecular complexity index is 359. The van der Waals surface area contributed by atoms with Crippen LogP contribution in [0.4, 0.5) is 0 Å². The molecule has 4 atom stereocenters. The molecule has 0 bridgehead atoms. The fraction of sp³-hybridized carbons (Fsp3) is 0.857. The number of carbonyl (C=O) groups excluding carboxylic acids is 1. The molecule has 5 heteroatoms. The maximum atomic E-state index is 12.1. The molecular formula is C14H24N2O3. The normalized spacial score (nSPS) is 30.4. The number of carboxylic acid groups (broad SMARTS) is 1. The lowest BCUT2D eigenvalue weighted by Crippen LogP contribution is -2.49. The molecule has 5 nitrogen and oxygen atoms in total. The van der Waals surface area contributed by atoms with Crippen LogP contribution in [0.25, 0.3) is 0 Å². The van der Waals surface area contributed by atoms with Gasteiger partial charge in [-0.25, -0.2) is 0 Å². The predicted molar refractivity (Wildman–Crippen MR) is 71.7 cm³/mol. The summed E-state index contributed by atoms with van der Waals surface area (Å²) in [6, 6.07) is 0.668. The second-order valence-electron chi connectivity index (χ2n) is 5.92. The highest BCUT2D eigenvalue weighted by atomic mass is 16.4. The van der Waals surface area contributed by atoms with E-state index in [1.807, 2.05) is 0 Å². The fourth-order valence-corrected chi connectivity index (χ4v) is 3.17. The Labute approximate surface area is 114 Å². The molecule has 2 saturated heterocycles. The van der Waals surface area contributed by atoms with Gasteiger partial charge in [0.2, 0.25) is 5.91 Å². The van der Waals surface area contributed by atoms with Crippen LogP contribution in [0, 0.1) is 11.8 Å². The maximum absolute atomic E-state index is 12.1. The average Bonchev–Trinajstić information content (AvgIpc) is 2.80. The Morgan fingerprint density at radius 2 is 1.89 bits per heavy atom. The zero-order valence-corrected chi connectivity index (χ0v) is 11.8. The maximum Gasteiger partial charge on any atom is 0.307 e. The standard InChI is InChI=1S/C14H24N2O3/c1-9(10(2)14(18)19)13(17)15-11-6-8-16-7-4-3-5-12(11)16/h9-12H,3-8H2,1-2H3,(H,15,17)(H,18,19). The molecule has 0 aromatic rings. The molecule has 0 spiro atoms. The minimum absolute atomic E-state index is 0.118. The second-order valence-corrected chi connectivity index (χ2v) is 5.92. The summed E-state index contributed by atoms with van der Waals surface area (Å²) >= 11 is 0. The highest BCUT2D eigenvalue weighted by molar-refractivity contribution is 5.84. The number of rotatable bonds is 4. The highest BCUT2D eigenvalue weighted by Gasteiger charge is 2.37. The van der Waals surface area contributed by atoms with Gasteiger partial charge < -0.3 is 10.4 Å². The van der Waals surface area contributed by atoms with E-state index in [2.05, 4.69) is 10.2 Å². The first kappa shape index (κ1) is 14.3. The third-order valence-electron chi connectivity index (χ3n) is 4.74. The molecule has 0 aromatic heterocycles. The minimum Gasteiger partial charge on any atom is -0.481 e. The number of fused-ring (bicyclic) bond motifs is 1. The summed E-state index contributed by atoms with van der Waals surface area (Å²) in [5, 5.41) is 12.0. The van der Waals surface area contributed by atoms with Crippen molar-refractivity contribution in [3.63, 3.8) is 0 Å². The molecule has 0 radical (unpaired) electrons. The molecule has 108 valence electrons. The van der Waals surface area contributed by atoms with Gasteiger partial charge in [-0.15, -0.1) is 0 Å². The predicted octanol–water partition coefficient (Wildman–Crippen LogP) is 1.09. The first-order chi connectivity index (χ1) is 9.00. The van der Waals surface area contributed by atoms with E-state index < -0.39 is 17.8 Å². The fourth-order valence-electron chi connectivity index (χ4n) is 3.17. The number of carbonyl (C=O) groups is 2. The monoisotopic (exact) mass is 268 g/mol. The smallest absolute Gasteiger partial charge is 0.307 e. The van der Waals surface area contributed by atoms with Crippen LogP contribution in [-0.2, 0) is 9.59 Å². The van der Waals surface area contributed by atoms with E-state index in [-0.39, 0.29) is 11.9 Å². The van der Waals surface area contributed by atoms with Crippen molar-refractivity contribution in [2.75, 3.05) is 13.1 Å². The quantitative estimate of drug-likeness (QED) is 0.800. The summed E-state index contributed by atoms with van der Waals surface area (Å²) in [6.45, 7) is 5.48. The topological polar surface area (TPSA) is 69.6 Å². The Kier molecular flexibility index (Phi) is 4.45. The number of nitrogens with one attached hydrogen (secondary N) is 1. The third-order valence-corrected chi connectivity index (χ3v) is 4.74. The molecule has 2 fully saturated rings. The van der Waals surface area contributed by atoms with Crippen LogP contribution in [0.15, 0.2) is 0 Å².